The van der Waals surface area contributed by atoms with Gasteiger partial charge in [0, 0.05) is 37.4 Å². The van der Waals surface area contributed by atoms with Gasteiger partial charge in [-0.15, -0.1) is 0 Å². The number of allylic oxidation sites excluding steroid dienone is 1. The summed E-state index contributed by atoms with van der Waals surface area (Å²) in [5.74, 6) is 7.35. The predicted octanol–water partition coefficient (Wildman–Crippen LogP) is 2.73. The minimum Gasteiger partial charge on any atom is -0.355 e. The molecular weight excluding hydrogens is 412 g/mol. The van der Waals surface area contributed by atoms with E-state index in [-0.39, 0.29) is 11.5 Å². The zero-order valence-electron chi connectivity index (χ0n) is 19.5. The van der Waals surface area contributed by atoms with Gasteiger partial charge in [0.15, 0.2) is 5.84 Å². The fourth-order valence-electron chi connectivity index (χ4n) is 5.59. The summed E-state index contributed by atoms with van der Waals surface area (Å²) >= 11 is 0. The summed E-state index contributed by atoms with van der Waals surface area (Å²) in [5, 5.41) is 15.3. The van der Waals surface area contributed by atoms with E-state index in [1.54, 1.807) is 5.01 Å². The number of rotatable bonds is 1. The highest BCUT2D eigenvalue weighted by Crippen LogP contribution is 2.51. The van der Waals surface area contributed by atoms with Crippen molar-refractivity contribution in [3.63, 3.8) is 0 Å². The standard InChI is InChI=1S/C25H30N8/c1-15-22(21-14-29-31(4)16(21)2)33(28)17(3)24(30-15)32-9-7-25(8-10-32)12-19-6-5-18(13-26)11-20(19)23(25)27/h5-6,11,14,23H,3,7-10,12,27-28H2,1-2,4H3/t23-/m0/s1. The summed E-state index contributed by atoms with van der Waals surface area (Å²) in [7, 11) is 1.92. The van der Waals surface area contributed by atoms with Gasteiger partial charge in [-0.25, -0.2) is 10.8 Å². The summed E-state index contributed by atoms with van der Waals surface area (Å²) in [6, 6.07) is 8.13. The van der Waals surface area contributed by atoms with Crippen LogP contribution in [0.25, 0.3) is 5.70 Å². The van der Waals surface area contributed by atoms with E-state index >= 15 is 0 Å². The van der Waals surface area contributed by atoms with E-state index < -0.39 is 0 Å². The van der Waals surface area contributed by atoms with E-state index in [2.05, 4.69) is 28.7 Å². The average Bonchev–Trinajstić information content (AvgIpc) is 3.28. The van der Waals surface area contributed by atoms with Crippen molar-refractivity contribution >= 4 is 11.5 Å². The molecular formula is C25H30N8. The zero-order valence-corrected chi connectivity index (χ0v) is 19.5. The van der Waals surface area contributed by atoms with Crippen LogP contribution in [-0.4, -0.2) is 38.6 Å². The summed E-state index contributed by atoms with van der Waals surface area (Å²) < 4.78 is 1.83. The second-order valence-corrected chi connectivity index (χ2v) is 9.48. The number of fused-ring (bicyclic) bond motifs is 1. The quantitative estimate of drug-likeness (QED) is 0.657. The maximum absolute atomic E-state index is 9.27. The zero-order chi connectivity index (χ0) is 23.5. The molecule has 2 aromatic rings. The van der Waals surface area contributed by atoms with E-state index in [1.807, 2.05) is 43.9 Å². The third kappa shape index (κ3) is 3.19. The van der Waals surface area contributed by atoms with Gasteiger partial charge in [0.2, 0.25) is 0 Å². The summed E-state index contributed by atoms with van der Waals surface area (Å²) in [5.41, 5.74) is 14.2. The van der Waals surface area contributed by atoms with Crippen LogP contribution in [0.1, 0.15) is 53.8 Å². The topological polar surface area (TPSA) is 112 Å². The van der Waals surface area contributed by atoms with Gasteiger partial charge in [-0.05, 0) is 61.8 Å². The smallest absolute Gasteiger partial charge is 0.153 e. The van der Waals surface area contributed by atoms with Crippen LogP contribution in [-0.2, 0) is 13.5 Å². The summed E-state index contributed by atoms with van der Waals surface area (Å²) in [6.07, 6.45) is 4.70. The van der Waals surface area contributed by atoms with Crippen molar-refractivity contribution in [2.24, 2.45) is 29.0 Å². The highest BCUT2D eigenvalue weighted by molar-refractivity contribution is 6.01. The van der Waals surface area contributed by atoms with E-state index in [9.17, 15) is 5.26 Å². The van der Waals surface area contributed by atoms with Crippen LogP contribution in [0.5, 0.6) is 0 Å². The van der Waals surface area contributed by atoms with Crippen LogP contribution in [0.2, 0.25) is 0 Å². The molecule has 8 heteroatoms. The highest BCUT2D eigenvalue weighted by Gasteiger charge is 2.46. The number of aliphatic imine (C=N–C) groups is 1. The van der Waals surface area contributed by atoms with E-state index in [4.69, 9.17) is 16.6 Å². The molecule has 3 aliphatic rings. The number of piperidine rings is 1. The number of amidine groups is 1. The van der Waals surface area contributed by atoms with Gasteiger partial charge in [0.25, 0.3) is 0 Å². The number of nitrogens with two attached hydrogens (primary N) is 2. The van der Waals surface area contributed by atoms with E-state index in [0.29, 0.717) is 11.3 Å². The monoisotopic (exact) mass is 442 g/mol. The molecule has 2 aliphatic heterocycles. The Morgan fingerprint density at radius 2 is 1.97 bits per heavy atom. The molecule has 1 spiro atoms. The number of nitrogens with zero attached hydrogens (tertiary/aromatic N) is 6. The molecule has 1 aromatic carbocycles. The molecule has 4 N–H and O–H groups in total. The first-order valence-electron chi connectivity index (χ1n) is 11.3. The molecule has 5 rings (SSSR count). The Labute approximate surface area is 194 Å². The molecule has 0 amide bonds. The van der Waals surface area contributed by atoms with Gasteiger partial charge in [-0.1, -0.05) is 12.6 Å². The molecule has 8 nitrogen and oxygen atoms in total. The largest absolute Gasteiger partial charge is 0.355 e. The van der Waals surface area contributed by atoms with Gasteiger partial charge in [-0.2, -0.15) is 10.4 Å². The normalized spacial score (nSPS) is 22.0. The summed E-state index contributed by atoms with van der Waals surface area (Å²) in [4.78, 5) is 7.22. The minimum absolute atomic E-state index is 0.0226. The van der Waals surface area contributed by atoms with Crippen molar-refractivity contribution in [3.05, 3.63) is 70.3 Å². The maximum atomic E-state index is 9.27. The van der Waals surface area contributed by atoms with Crippen LogP contribution in [0.4, 0.5) is 0 Å². The lowest BCUT2D eigenvalue weighted by molar-refractivity contribution is 0.127. The number of hydrogen-bond acceptors (Lipinski definition) is 7. The number of benzene rings is 1. The van der Waals surface area contributed by atoms with Crippen LogP contribution in [0.3, 0.4) is 0 Å². The molecule has 1 atom stereocenters. The Morgan fingerprint density at radius 1 is 1.24 bits per heavy atom. The van der Waals surface area contributed by atoms with Crippen molar-refractivity contribution < 1.29 is 0 Å². The number of aryl methyl sites for hydroxylation is 1. The first kappa shape index (κ1) is 21.4. The number of hydrazine groups is 1. The summed E-state index contributed by atoms with van der Waals surface area (Å²) in [6.45, 7) is 9.95. The first-order valence-corrected chi connectivity index (χ1v) is 11.3. The lowest BCUT2D eigenvalue weighted by Crippen LogP contribution is -2.49. The maximum Gasteiger partial charge on any atom is 0.153 e. The minimum atomic E-state index is -0.0488. The number of aromatic nitrogens is 2. The van der Waals surface area contributed by atoms with E-state index in [0.717, 1.165) is 66.4 Å². The molecule has 1 saturated heterocycles. The Kier molecular flexibility index (Phi) is 4.92. The van der Waals surface area contributed by atoms with Gasteiger partial charge < -0.3 is 10.6 Å². The predicted molar refractivity (Wildman–Crippen MR) is 128 cm³/mol. The molecule has 0 saturated carbocycles. The third-order valence-corrected chi connectivity index (χ3v) is 7.77. The van der Waals surface area contributed by atoms with Crippen molar-refractivity contribution in [1.29, 1.82) is 5.26 Å². The second-order valence-electron chi connectivity index (χ2n) is 9.48. The first-order chi connectivity index (χ1) is 15.8. The lowest BCUT2D eigenvalue weighted by Gasteiger charge is -2.44. The molecule has 0 radical (unpaired) electrons. The van der Waals surface area contributed by atoms with Gasteiger partial charge >= 0.3 is 0 Å². The van der Waals surface area contributed by atoms with Crippen molar-refractivity contribution in [3.8, 4) is 6.07 Å². The van der Waals surface area contributed by atoms with Gasteiger partial charge in [0.05, 0.1) is 34.9 Å². The highest BCUT2D eigenvalue weighted by atomic mass is 15.5. The number of hydrogen-bond donors (Lipinski definition) is 2. The van der Waals surface area contributed by atoms with Gasteiger partial charge in [-0.3, -0.25) is 9.69 Å². The van der Waals surface area contributed by atoms with E-state index in [1.165, 1.54) is 5.56 Å². The fraction of sp³-hybridized carbons (Fsp3) is 0.400. The van der Waals surface area contributed by atoms with Crippen LogP contribution < -0.4 is 11.6 Å². The SMILES string of the molecule is C=C1C(N2CCC3(CC2)Cc2ccc(C#N)cc2[C@@H]3N)=NC(C)=C(c2cnn(C)c2C)N1N. The fourth-order valence-corrected chi connectivity index (χ4v) is 5.59. The van der Waals surface area contributed by atoms with Gasteiger partial charge in [0.1, 0.15) is 0 Å². The Balaban J connectivity index is 1.38. The van der Waals surface area contributed by atoms with Crippen molar-refractivity contribution in [2.45, 2.75) is 39.2 Å². The second kappa shape index (κ2) is 7.58. The number of nitriles is 1. The molecule has 1 aliphatic carbocycles. The number of likely N-dealkylation sites (tertiary alicyclic amines) is 1. The van der Waals surface area contributed by atoms with Crippen molar-refractivity contribution in [1.82, 2.24) is 19.7 Å². The van der Waals surface area contributed by atoms with Crippen LogP contribution >= 0.6 is 0 Å². The lowest BCUT2D eigenvalue weighted by atomic mass is 9.73. The molecule has 33 heavy (non-hydrogen) atoms. The molecule has 1 fully saturated rings. The molecule has 0 bridgehead atoms. The average molecular weight is 443 g/mol. The molecule has 3 heterocycles. The Morgan fingerprint density at radius 3 is 2.61 bits per heavy atom. The molecule has 1 aromatic heterocycles. The Hall–Kier alpha value is -3.41. The molecule has 0 unspecified atom stereocenters. The van der Waals surface area contributed by atoms with Crippen LogP contribution in [0, 0.1) is 23.7 Å². The molecule has 170 valence electrons. The third-order valence-electron chi connectivity index (χ3n) is 7.77. The Bertz CT molecular complexity index is 1250. The van der Waals surface area contributed by atoms with Crippen LogP contribution in [0.15, 0.2) is 47.4 Å². The van der Waals surface area contributed by atoms with Crippen molar-refractivity contribution in [2.75, 3.05) is 13.1 Å².